The number of carbonyl (C=O) groups excluding carboxylic acids is 1. The number of amides is 1. The Labute approximate surface area is 305 Å². The van der Waals surface area contributed by atoms with Crippen molar-refractivity contribution in [3.05, 3.63) is 0 Å². The number of rotatable bonds is 34. The second-order valence-electron chi connectivity index (χ2n) is 14.9. The topological polar surface area (TPSA) is 169 Å². The van der Waals surface area contributed by atoms with Crippen LogP contribution in [0.1, 0.15) is 187 Å². The first kappa shape index (κ1) is 47.2. The molecule has 1 rings (SSSR count). The van der Waals surface area contributed by atoms with Gasteiger partial charge in [-0.3, -0.25) is 4.79 Å². The van der Waals surface area contributed by atoms with E-state index in [1.165, 1.54) is 109 Å². The number of hydrogen-bond acceptors (Lipinski definition) is 9. The van der Waals surface area contributed by atoms with Gasteiger partial charge in [0.15, 0.2) is 6.29 Å². The van der Waals surface area contributed by atoms with Crippen LogP contribution in [0.2, 0.25) is 0 Å². The lowest BCUT2D eigenvalue weighted by atomic mass is 9.98. The number of ether oxygens (including phenoxy) is 2. The summed E-state index contributed by atoms with van der Waals surface area (Å²) in [6.07, 6.45) is 21.1. The maximum atomic E-state index is 12.9. The van der Waals surface area contributed by atoms with Gasteiger partial charge in [0.2, 0.25) is 5.91 Å². The van der Waals surface area contributed by atoms with Gasteiger partial charge in [-0.25, -0.2) is 0 Å². The second kappa shape index (κ2) is 31.7. The van der Waals surface area contributed by atoms with Crippen molar-refractivity contribution in [2.45, 2.75) is 236 Å². The minimum atomic E-state index is -1.60. The number of hydrogen-bond donors (Lipinski definition) is 7. The Bertz CT molecular complexity index is 773. The lowest BCUT2D eigenvalue weighted by Gasteiger charge is -2.40. The van der Waals surface area contributed by atoms with Gasteiger partial charge in [-0.2, -0.15) is 0 Å². The predicted molar refractivity (Wildman–Crippen MR) is 200 cm³/mol. The Morgan fingerprint density at radius 3 is 1.48 bits per heavy atom. The molecule has 1 amide bonds. The van der Waals surface area contributed by atoms with Crippen LogP contribution in [0.25, 0.3) is 0 Å². The SMILES string of the molecule is CCCCCCCCCCCCCCCCC(=O)N[C@@H](CO[C@@H]1O[C@H](CO)[C@@H](O)C(O)C1O)[C@H](O)[C@H](O)CCCCCCCCCCCCC. The number of aliphatic hydroxyl groups excluding tert-OH is 6. The molecule has 2 unspecified atom stereocenters. The first-order chi connectivity index (χ1) is 24.3. The van der Waals surface area contributed by atoms with Crippen molar-refractivity contribution >= 4 is 5.91 Å². The standard InChI is InChI=1S/C40H79NO9/c1-3-5-7-9-11-13-15-16-17-19-21-23-25-27-29-35(44)41-32(31-49-40-39(48)38(47)37(46)34(30-42)50-40)36(45)33(43)28-26-24-22-20-18-14-12-10-8-6-4-2/h32-34,36-40,42-43,45-48H,3-31H2,1-2H3,(H,41,44)/t32-,33+,34+,36-,37+,38?,39?,40+/m0/s1. The highest BCUT2D eigenvalue weighted by molar-refractivity contribution is 5.76. The molecule has 1 aliphatic heterocycles. The van der Waals surface area contributed by atoms with Crippen molar-refractivity contribution in [1.29, 1.82) is 0 Å². The molecule has 1 heterocycles. The average molecular weight is 718 g/mol. The van der Waals surface area contributed by atoms with E-state index < -0.39 is 55.6 Å². The van der Waals surface area contributed by atoms with Crippen LogP contribution in [0, 0.1) is 0 Å². The smallest absolute Gasteiger partial charge is 0.220 e. The molecule has 1 fully saturated rings. The molecule has 0 spiro atoms. The molecule has 1 saturated heterocycles. The highest BCUT2D eigenvalue weighted by atomic mass is 16.7. The molecule has 0 aromatic heterocycles. The van der Waals surface area contributed by atoms with Crippen LogP contribution in [0.15, 0.2) is 0 Å². The van der Waals surface area contributed by atoms with Crippen molar-refractivity contribution in [1.82, 2.24) is 5.32 Å². The van der Waals surface area contributed by atoms with Crippen molar-refractivity contribution in [2.75, 3.05) is 13.2 Å². The van der Waals surface area contributed by atoms with Gasteiger partial charge in [-0.1, -0.05) is 168 Å². The summed E-state index contributed by atoms with van der Waals surface area (Å²) < 4.78 is 11.1. The highest BCUT2D eigenvalue weighted by Gasteiger charge is 2.44. The van der Waals surface area contributed by atoms with E-state index in [2.05, 4.69) is 19.2 Å². The first-order valence-corrected chi connectivity index (χ1v) is 20.8. The summed E-state index contributed by atoms with van der Waals surface area (Å²) >= 11 is 0. The Kier molecular flexibility index (Phi) is 29.9. The first-order valence-electron chi connectivity index (χ1n) is 20.8. The molecule has 10 nitrogen and oxygen atoms in total. The minimum Gasteiger partial charge on any atom is -0.394 e. The Balaban J connectivity index is 2.45. The number of carbonyl (C=O) groups is 1. The summed E-state index contributed by atoms with van der Waals surface area (Å²) in [5, 5.41) is 64.9. The van der Waals surface area contributed by atoms with Crippen LogP contribution in [-0.2, 0) is 14.3 Å². The molecule has 0 aromatic carbocycles. The van der Waals surface area contributed by atoms with Gasteiger partial charge < -0.3 is 45.4 Å². The van der Waals surface area contributed by atoms with E-state index in [0.29, 0.717) is 6.42 Å². The lowest BCUT2D eigenvalue weighted by Crippen LogP contribution is -2.60. The molecular formula is C40H79NO9. The van der Waals surface area contributed by atoms with Gasteiger partial charge >= 0.3 is 0 Å². The zero-order valence-electron chi connectivity index (χ0n) is 32.0. The lowest BCUT2D eigenvalue weighted by molar-refractivity contribution is -0.303. The Morgan fingerprint density at radius 2 is 1.04 bits per heavy atom. The summed E-state index contributed by atoms with van der Waals surface area (Å²) in [6.45, 7) is 3.58. The van der Waals surface area contributed by atoms with Crippen LogP contribution in [0.5, 0.6) is 0 Å². The molecule has 7 N–H and O–H groups in total. The number of aliphatic hydroxyl groups is 6. The molecule has 0 aromatic rings. The third-order valence-electron chi connectivity index (χ3n) is 10.3. The fourth-order valence-corrected chi connectivity index (χ4v) is 6.84. The van der Waals surface area contributed by atoms with Crippen LogP contribution in [0.3, 0.4) is 0 Å². The second-order valence-corrected chi connectivity index (χ2v) is 14.9. The van der Waals surface area contributed by atoms with E-state index in [9.17, 15) is 35.4 Å². The van der Waals surface area contributed by atoms with E-state index in [4.69, 9.17) is 9.47 Å². The van der Waals surface area contributed by atoms with Gasteiger partial charge in [0, 0.05) is 6.42 Å². The zero-order valence-corrected chi connectivity index (χ0v) is 32.0. The summed E-state index contributed by atoms with van der Waals surface area (Å²) in [5.41, 5.74) is 0. The zero-order chi connectivity index (χ0) is 36.8. The van der Waals surface area contributed by atoms with E-state index in [1.54, 1.807) is 0 Å². The fourth-order valence-electron chi connectivity index (χ4n) is 6.84. The third-order valence-corrected chi connectivity index (χ3v) is 10.3. The van der Waals surface area contributed by atoms with Gasteiger partial charge in [-0.05, 0) is 12.8 Å². The van der Waals surface area contributed by atoms with E-state index >= 15 is 0 Å². The maximum Gasteiger partial charge on any atom is 0.220 e. The molecule has 8 atom stereocenters. The minimum absolute atomic E-state index is 0.257. The van der Waals surface area contributed by atoms with Crippen molar-refractivity contribution < 1.29 is 44.9 Å². The molecule has 0 radical (unpaired) electrons. The molecule has 1 aliphatic rings. The molecule has 0 aliphatic carbocycles. The molecule has 298 valence electrons. The third kappa shape index (κ3) is 22.3. The average Bonchev–Trinajstić information content (AvgIpc) is 3.11. The maximum absolute atomic E-state index is 12.9. The van der Waals surface area contributed by atoms with Crippen LogP contribution in [-0.4, -0.2) is 98.7 Å². The van der Waals surface area contributed by atoms with Crippen molar-refractivity contribution in [3.63, 3.8) is 0 Å². The van der Waals surface area contributed by atoms with Gasteiger partial charge in [0.05, 0.1) is 25.4 Å². The normalized spacial score (nSPS) is 22.8. The van der Waals surface area contributed by atoms with Crippen LogP contribution in [0.4, 0.5) is 0 Å². The van der Waals surface area contributed by atoms with E-state index in [1.807, 2.05) is 0 Å². The van der Waals surface area contributed by atoms with Gasteiger partial charge in [0.1, 0.15) is 30.5 Å². The summed E-state index contributed by atoms with van der Waals surface area (Å²) in [4.78, 5) is 12.9. The van der Waals surface area contributed by atoms with E-state index in [-0.39, 0.29) is 18.9 Å². The summed E-state index contributed by atoms with van der Waals surface area (Å²) in [7, 11) is 0. The summed E-state index contributed by atoms with van der Waals surface area (Å²) in [5.74, 6) is -0.257. The fraction of sp³-hybridized carbons (Fsp3) is 0.975. The monoisotopic (exact) mass is 718 g/mol. The Morgan fingerprint density at radius 1 is 0.620 bits per heavy atom. The Hall–Kier alpha value is -0.850. The van der Waals surface area contributed by atoms with Gasteiger partial charge in [0.25, 0.3) is 0 Å². The molecular weight excluding hydrogens is 638 g/mol. The molecule has 10 heteroatoms. The number of nitrogens with one attached hydrogen (secondary N) is 1. The van der Waals surface area contributed by atoms with Crippen LogP contribution < -0.4 is 5.32 Å². The molecule has 0 bridgehead atoms. The summed E-state index contributed by atoms with van der Waals surface area (Å²) in [6, 6.07) is -0.982. The number of unbranched alkanes of at least 4 members (excludes halogenated alkanes) is 23. The molecule has 0 saturated carbocycles. The van der Waals surface area contributed by atoms with Crippen LogP contribution >= 0.6 is 0 Å². The van der Waals surface area contributed by atoms with Gasteiger partial charge in [-0.15, -0.1) is 0 Å². The molecule has 50 heavy (non-hydrogen) atoms. The predicted octanol–water partition coefficient (Wildman–Crippen LogP) is 6.58. The quantitative estimate of drug-likeness (QED) is 0.0364. The van der Waals surface area contributed by atoms with Crippen molar-refractivity contribution in [3.8, 4) is 0 Å². The van der Waals surface area contributed by atoms with E-state index in [0.717, 1.165) is 51.4 Å². The largest absolute Gasteiger partial charge is 0.394 e. The highest BCUT2D eigenvalue weighted by Crippen LogP contribution is 2.23. The van der Waals surface area contributed by atoms with Crippen molar-refractivity contribution in [2.24, 2.45) is 0 Å².